The van der Waals surface area contributed by atoms with Crippen molar-refractivity contribution in [2.45, 2.75) is 19.9 Å². The Kier molecular flexibility index (Phi) is 3.49. The topological polar surface area (TPSA) is 17.8 Å². The number of aryl methyl sites for hydroxylation is 2. The summed E-state index contributed by atoms with van der Waals surface area (Å²) in [5, 5.41) is 0. The normalized spacial score (nSPS) is 10.4. The number of nitrogens with zero attached hydrogens (tertiary/aromatic N) is 2. The molecule has 0 bridgehead atoms. The van der Waals surface area contributed by atoms with Crippen LogP contribution in [0.1, 0.15) is 12.7 Å². The smallest absolute Gasteiger partial charge is 0.109 e. The van der Waals surface area contributed by atoms with Crippen molar-refractivity contribution in [2.75, 3.05) is 12.0 Å². The van der Waals surface area contributed by atoms with E-state index in [1.54, 1.807) is 0 Å². The second-order valence-corrected chi connectivity index (χ2v) is 3.36. The van der Waals surface area contributed by atoms with Crippen LogP contribution in [0.4, 0.5) is 0 Å². The third-order valence-electron chi connectivity index (χ3n) is 1.67. The van der Waals surface area contributed by atoms with Crippen LogP contribution in [0.2, 0.25) is 0 Å². The van der Waals surface area contributed by atoms with Gasteiger partial charge >= 0.3 is 0 Å². The van der Waals surface area contributed by atoms with Crippen molar-refractivity contribution in [3.05, 3.63) is 18.2 Å². The molecule has 0 aliphatic rings. The highest BCUT2D eigenvalue weighted by Gasteiger charge is 1.98. The van der Waals surface area contributed by atoms with Gasteiger partial charge in [0, 0.05) is 31.1 Å². The van der Waals surface area contributed by atoms with Gasteiger partial charge in [-0.3, -0.25) is 0 Å². The molecule has 3 heteroatoms. The Morgan fingerprint density at radius 3 is 3.09 bits per heavy atom. The lowest BCUT2D eigenvalue weighted by Crippen LogP contribution is -2.01. The van der Waals surface area contributed by atoms with Crippen LogP contribution in [0.15, 0.2) is 12.4 Å². The van der Waals surface area contributed by atoms with Crippen LogP contribution in [0.25, 0.3) is 0 Å². The van der Waals surface area contributed by atoms with Crippen molar-refractivity contribution in [3.63, 3.8) is 0 Å². The molecule has 0 N–H and O–H groups in total. The Hall–Kier alpha value is -0.440. The van der Waals surface area contributed by atoms with Crippen LogP contribution < -0.4 is 0 Å². The molecular formula is C8H14N2S. The third kappa shape index (κ3) is 2.26. The van der Waals surface area contributed by atoms with Crippen LogP contribution in [0.5, 0.6) is 0 Å². The maximum Gasteiger partial charge on any atom is 0.109 e. The second-order valence-electron chi connectivity index (χ2n) is 2.37. The number of aromatic nitrogens is 2. The van der Waals surface area contributed by atoms with Crippen molar-refractivity contribution >= 4 is 11.8 Å². The zero-order valence-corrected chi connectivity index (χ0v) is 7.90. The summed E-state index contributed by atoms with van der Waals surface area (Å²) in [5.74, 6) is 2.37. The second kappa shape index (κ2) is 4.44. The van der Waals surface area contributed by atoms with E-state index in [2.05, 4.69) is 22.7 Å². The van der Waals surface area contributed by atoms with Crippen LogP contribution >= 0.6 is 11.8 Å². The van der Waals surface area contributed by atoms with Gasteiger partial charge in [0.25, 0.3) is 0 Å². The molecule has 0 saturated carbocycles. The summed E-state index contributed by atoms with van der Waals surface area (Å²) in [5.41, 5.74) is 0. The zero-order chi connectivity index (χ0) is 8.10. The monoisotopic (exact) mass is 170 g/mol. The van der Waals surface area contributed by atoms with Crippen molar-refractivity contribution in [1.82, 2.24) is 9.55 Å². The first kappa shape index (κ1) is 8.65. The Morgan fingerprint density at radius 2 is 2.45 bits per heavy atom. The predicted molar refractivity (Wildman–Crippen MR) is 50.0 cm³/mol. The lowest BCUT2D eigenvalue weighted by atomic mass is 10.4. The van der Waals surface area contributed by atoms with Gasteiger partial charge in [-0.15, -0.1) is 0 Å². The first-order valence-corrected chi connectivity index (χ1v) is 5.26. The number of thioether (sulfide) groups is 1. The molecule has 0 fully saturated rings. The summed E-state index contributed by atoms with van der Waals surface area (Å²) >= 11 is 1.87. The van der Waals surface area contributed by atoms with Crippen LogP contribution in [0.3, 0.4) is 0 Å². The number of imidazole rings is 1. The predicted octanol–water partition coefficient (Wildman–Crippen LogP) is 1.81. The van der Waals surface area contributed by atoms with Gasteiger partial charge in [0.15, 0.2) is 0 Å². The average molecular weight is 170 g/mol. The summed E-state index contributed by atoms with van der Waals surface area (Å²) in [6.45, 7) is 3.17. The Bertz CT molecular complexity index is 208. The number of hydrogen-bond acceptors (Lipinski definition) is 2. The summed E-state index contributed by atoms with van der Waals surface area (Å²) < 4.78 is 2.19. The van der Waals surface area contributed by atoms with E-state index in [0.29, 0.717) is 0 Å². The highest BCUT2D eigenvalue weighted by molar-refractivity contribution is 7.98. The van der Waals surface area contributed by atoms with E-state index in [-0.39, 0.29) is 0 Å². The van der Waals surface area contributed by atoms with Gasteiger partial charge < -0.3 is 4.57 Å². The van der Waals surface area contributed by atoms with Gasteiger partial charge in [-0.2, -0.15) is 11.8 Å². The van der Waals surface area contributed by atoms with Crippen molar-refractivity contribution in [2.24, 2.45) is 0 Å². The molecule has 0 aromatic carbocycles. The first-order chi connectivity index (χ1) is 5.38. The minimum absolute atomic E-state index is 1.03. The van der Waals surface area contributed by atoms with Crippen molar-refractivity contribution < 1.29 is 0 Å². The molecule has 0 aliphatic heterocycles. The van der Waals surface area contributed by atoms with E-state index < -0.39 is 0 Å². The van der Waals surface area contributed by atoms with Gasteiger partial charge in [-0.1, -0.05) is 0 Å². The van der Waals surface area contributed by atoms with Gasteiger partial charge in [0.05, 0.1) is 0 Å². The molecule has 0 aliphatic carbocycles. The van der Waals surface area contributed by atoms with E-state index in [4.69, 9.17) is 0 Å². The average Bonchev–Trinajstić information content (AvgIpc) is 2.47. The highest BCUT2D eigenvalue weighted by atomic mass is 32.2. The first-order valence-electron chi connectivity index (χ1n) is 3.87. The van der Waals surface area contributed by atoms with Gasteiger partial charge in [0.1, 0.15) is 5.82 Å². The van der Waals surface area contributed by atoms with Crippen LogP contribution in [-0.2, 0) is 13.0 Å². The fourth-order valence-electron chi connectivity index (χ4n) is 1.05. The largest absolute Gasteiger partial charge is 0.335 e. The minimum Gasteiger partial charge on any atom is -0.335 e. The lowest BCUT2D eigenvalue weighted by molar-refractivity contribution is 0.707. The summed E-state index contributed by atoms with van der Waals surface area (Å²) in [6, 6.07) is 0. The van der Waals surface area contributed by atoms with Gasteiger partial charge in [0.2, 0.25) is 0 Å². The Labute approximate surface area is 72.0 Å². The van der Waals surface area contributed by atoms with Crippen LogP contribution in [-0.4, -0.2) is 21.6 Å². The van der Waals surface area contributed by atoms with Crippen molar-refractivity contribution in [1.29, 1.82) is 0 Å². The molecular weight excluding hydrogens is 156 g/mol. The van der Waals surface area contributed by atoms with E-state index in [0.717, 1.165) is 18.7 Å². The Balaban J connectivity index is 2.54. The molecule has 0 spiro atoms. The van der Waals surface area contributed by atoms with Gasteiger partial charge in [-0.25, -0.2) is 4.98 Å². The standard InChI is InChI=1S/C8H14N2S/c1-3-10-6-5-9-8(10)4-7-11-2/h5-6H,3-4,7H2,1-2H3. The molecule has 2 nitrogen and oxygen atoms in total. The molecule has 0 unspecified atom stereocenters. The van der Waals surface area contributed by atoms with E-state index >= 15 is 0 Å². The maximum absolute atomic E-state index is 4.27. The number of rotatable bonds is 4. The summed E-state index contributed by atoms with van der Waals surface area (Å²) in [4.78, 5) is 4.27. The lowest BCUT2D eigenvalue weighted by Gasteiger charge is -2.02. The van der Waals surface area contributed by atoms with Gasteiger partial charge in [-0.05, 0) is 13.2 Å². The third-order valence-corrected chi connectivity index (χ3v) is 2.28. The Morgan fingerprint density at radius 1 is 1.64 bits per heavy atom. The molecule has 0 atom stereocenters. The molecule has 62 valence electrons. The summed E-state index contributed by atoms with van der Waals surface area (Å²) in [7, 11) is 0. The number of hydrogen-bond donors (Lipinski definition) is 0. The van der Waals surface area contributed by atoms with Crippen LogP contribution in [0, 0.1) is 0 Å². The highest BCUT2D eigenvalue weighted by Crippen LogP contribution is 2.02. The molecule has 0 radical (unpaired) electrons. The van der Waals surface area contributed by atoms with E-state index in [1.807, 2.05) is 24.2 Å². The zero-order valence-electron chi connectivity index (χ0n) is 7.08. The summed E-state index contributed by atoms with van der Waals surface area (Å²) in [6.07, 6.45) is 7.12. The molecule has 0 saturated heterocycles. The van der Waals surface area contributed by atoms with E-state index in [9.17, 15) is 0 Å². The quantitative estimate of drug-likeness (QED) is 0.686. The molecule has 11 heavy (non-hydrogen) atoms. The van der Waals surface area contributed by atoms with Crippen molar-refractivity contribution in [3.8, 4) is 0 Å². The molecule has 1 aromatic rings. The molecule has 1 aromatic heterocycles. The van der Waals surface area contributed by atoms with E-state index in [1.165, 1.54) is 5.82 Å². The molecule has 0 amide bonds. The fourth-order valence-corrected chi connectivity index (χ4v) is 1.44. The SMILES string of the molecule is CCn1ccnc1CCSC. The molecule has 1 rings (SSSR count). The maximum atomic E-state index is 4.27. The fraction of sp³-hybridized carbons (Fsp3) is 0.625. The molecule has 1 heterocycles. The minimum atomic E-state index is 1.03.